The molecule has 0 aliphatic heterocycles. The normalized spacial score (nSPS) is 12.9. The monoisotopic (exact) mass is 472 g/mol. The lowest BCUT2D eigenvalue weighted by Crippen LogP contribution is -2.39. The standard InChI is InChI=1S/C22H28ClF3N4O2/c1-6-7-12-30(20(31)32-21(3,4)5)14(2)15-8-10-16(11-9-15)28-19-27-13-17(18(23)29-19)22(24,25)26/h8-11,13-14H,6-7,12H2,1-5H3,(H,27,28,29). The lowest BCUT2D eigenvalue weighted by molar-refractivity contribution is -0.137. The number of alkyl halides is 3. The molecule has 0 fully saturated rings. The number of carbonyl (C=O) groups excluding carboxylic acids is 1. The Morgan fingerprint density at radius 2 is 1.84 bits per heavy atom. The Morgan fingerprint density at radius 1 is 1.22 bits per heavy atom. The van der Waals surface area contributed by atoms with Gasteiger partial charge in [0.15, 0.2) is 0 Å². The van der Waals surface area contributed by atoms with Gasteiger partial charge in [-0.1, -0.05) is 37.1 Å². The maximum atomic E-state index is 12.8. The summed E-state index contributed by atoms with van der Waals surface area (Å²) in [6.45, 7) is 10.00. The Bertz CT molecular complexity index is 915. The van der Waals surface area contributed by atoms with Crippen LogP contribution in [0.5, 0.6) is 0 Å². The van der Waals surface area contributed by atoms with Crippen molar-refractivity contribution in [1.82, 2.24) is 14.9 Å². The van der Waals surface area contributed by atoms with Crippen molar-refractivity contribution in [2.24, 2.45) is 0 Å². The van der Waals surface area contributed by atoms with E-state index in [-0.39, 0.29) is 18.1 Å². The molecule has 2 rings (SSSR count). The van der Waals surface area contributed by atoms with Gasteiger partial charge < -0.3 is 15.0 Å². The summed E-state index contributed by atoms with van der Waals surface area (Å²) < 4.78 is 43.9. The fourth-order valence-corrected chi connectivity index (χ4v) is 3.09. The number of ether oxygens (including phenoxy) is 1. The Balaban J connectivity index is 2.15. The van der Waals surface area contributed by atoms with Gasteiger partial charge in [0.1, 0.15) is 16.3 Å². The Kier molecular flexibility index (Phi) is 8.34. The lowest BCUT2D eigenvalue weighted by atomic mass is 10.1. The van der Waals surface area contributed by atoms with Gasteiger partial charge in [0.2, 0.25) is 5.95 Å². The minimum atomic E-state index is -4.62. The van der Waals surface area contributed by atoms with Crippen LogP contribution in [0.1, 0.15) is 64.6 Å². The number of nitrogens with one attached hydrogen (secondary N) is 1. The first-order valence-electron chi connectivity index (χ1n) is 10.3. The molecule has 32 heavy (non-hydrogen) atoms. The molecule has 176 valence electrons. The van der Waals surface area contributed by atoms with Crippen LogP contribution in [0.15, 0.2) is 30.5 Å². The summed E-state index contributed by atoms with van der Waals surface area (Å²) in [5.74, 6) is -0.0536. The van der Waals surface area contributed by atoms with E-state index in [0.717, 1.165) is 18.4 Å². The van der Waals surface area contributed by atoms with Gasteiger partial charge in [0.25, 0.3) is 0 Å². The summed E-state index contributed by atoms with van der Waals surface area (Å²) >= 11 is 5.64. The van der Waals surface area contributed by atoms with Gasteiger partial charge in [0, 0.05) is 18.4 Å². The number of halogens is 4. The van der Waals surface area contributed by atoms with Gasteiger partial charge >= 0.3 is 12.3 Å². The highest BCUT2D eigenvalue weighted by Crippen LogP contribution is 2.33. The smallest absolute Gasteiger partial charge is 0.420 e. The molecule has 0 aliphatic rings. The molecule has 1 heterocycles. The maximum absolute atomic E-state index is 12.8. The minimum Gasteiger partial charge on any atom is -0.444 e. The van der Waals surface area contributed by atoms with Gasteiger partial charge in [-0.15, -0.1) is 0 Å². The molecule has 0 spiro atoms. The lowest BCUT2D eigenvalue weighted by Gasteiger charge is -2.32. The third-order valence-electron chi connectivity index (χ3n) is 4.54. The predicted octanol–water partition coefficient (Wildman–Crippen LogP) is 6.99. The van der Waals surface area contributed by atoms with Crippen molar-refractivity contribution in [3.63, 3.8) is 0 Å². The van der Waals surface area contributed by atoms with E-state index in [0.29, 0.717) is 18.4 Å². The molecular formula is C22H28ClF3N4O2. The molecule has 1 aromatic heterocycles. The maximum Gasteiger partial charge on any atom is 0.420 e. The number of hydrogen-bond acceptors (Lipinski definition) is 5. The van der Waals surface area contributed by atoms with Gasteiger partial charge in [-0.05, 0) is 51.8 Å². The first-order chi connectivity index (χ1) is 14.8. The number of unbranched alkanes of at least 4 members (excludes halogenated alkanes) is 1. The van der Waals surface area contributed by atoms with E-state index in [4.69, 9.17) is 16.3 Å². The summed E-state index contributed by atoms with van der Waals surface area (Å²) in [6, 6.07) is 6.87. The number of rotatable bonds is 7. The van der Waals surface area contributed by atoms with Crippen molar-refractivity contribution in [3.8, 4) is 0 Å². The highest BCUT2D eigenvalue weighted by molar-refractivity contribution is 6.30. The van der Waals surface area contributed by atoms with Crippen LogP contribution in [0.2, 0.25) is 5.15 Å². The van der Waals surface area contributed by atoms with Gasteiger partial charge in [-0.2, -0.15) is 13.2 Å². The molecule has 1 N–H and O–H groups in total. The number of hydrogen-bond donors (Lipinski definition) is 1. The van der Waals surface area contributed by atoms with Crippen LogP contribution in [0.3, 0.4) is 0 Å². The molecule has 0 aliphatic carbocycles. The van der Waals surface area contributed by atoms with Crippen LogP contribution in [0.4, 0.5) is 29.6 Å². The molecule has 0 saturated heterocycles. The van der Waals surface area contributed by atoms with E-state index in [2.05, 4.69) is 15.3 Å². The highest BCUT2D eigenvalue weighted by Gasteiger charge is 2.34. The molecule has 10 heteroatoms. The van der Waals surface area contributed by atoms with E-state index in [1.807, 2.05) is 46.8 Å². The zero-order valence-corrected chi connectivity index (χ0v) is 19.5. The van der Waals surface area contributed by atoms with Crippen molar-refractivity contribution in [1.29, 1.82) is 0 Å². The first kappa shape index (κ1) is 25.7. The number of amides is 1. The second-order valence-electron chi connectivity index (χ2n) is 8.35. The fourth-order valence-electron chi connectivity index (χ4n) is 2.86. The van der Waals surface area contributed by atoms with Crippen LogP contribution in [-0.4, -0.2) is 33.1 Å². The third-order valence-corrected chi connectivity index (χ3v) is 4.83. The van der Waals surface area contributed by atoms with Crippen molar-refractivity contribution < 1.29 is 22.7 Å². The summed E-state index contributed by atoms with van der Waals surface area (Å²) in [5, 5.41) is 2.15. The van der Waals surface area contributed by atoms with E-state index < -0.39 is 22.5 Å². The molecule has 2 aromatic rings. The first-order valence-corrected chi connectivity index (χ1v) is 10.7. The van der Waals surface area contributed by atoms with Crippen molar-refractivity contribution in [2.45, 2.75) is 65.3 Å². The molecule has 1 atom stereocenters. The third kappa shape index (κ3) is 7.25. The largest absolute Gasteiger partial charge is 0.444 e. The van der Waals surface area contributed by atoms with E-state index >= 15 is 0 Å². The van der Waals surface area contributed by atoms with E-state index in [1.165, 1.54) is 0 Å². The minimum absolute atomic E-state index is 0.0536. The van der Waals surface area contributed by atoms with Crippen LogP contribution >= 0.6 is 11.6 Å². The van der Waals surface area contributed by atoms with E-state index in [1.54, 1.807) is 17.0 Å². The number of nitrogens with zero attached hydrogens (tertiary/aromatic N) is 3. The SMILES string of the molecule is CCCCN(C(=O)OC(C)(C)C)C(C)c1ccc(Nc2ncc(C(F)(F)F)c(Cl)n2)cc1. The zero-order valence-electron chi connectivity index (χ0n) is 18.8. The van der Waals surface area contributed by atoms with Crippen LogP contribution < -0.4 is 5.32 Å². The summed E-state index contributed by atoms with van der Waals surface area (Å²) in [6.07, 6.45) is -2.58. The Labute approximate surface area is 191 Å². The summed E-state index contributed by atoms with van der Waals surface area (Å²) in [7, 11) is 0. The Morgan fingerprint density at radius 3 is 2.34 bits per heavy atom. The average molecular weight is 473 g/mol. The second-order valence-corrected chi connectivity index (χ2v) is 8.70. The molecule has 1 aromatic carbocycles. The van der Waals surface area contributed by atoms with Gasteiger partial charge in [-0.3, -0.25) is 0 Å². The molecule has 6 nitrogen and oxygen atoms in total. The topological polar surface area (TPSA) is 67.3 Å². The Hall–Kier alpha value is -2.55. The number of carbonyl (C=O) groups is 1. The average Bonchev–Trinajstić information content (AvgIpc) is 2.66. The quantitative estimate of drug-likeness (QED) is 0.440. The predicted molar refractivity (Wildman–Crippen MR) is 118 cm³/mol. The van der Waals surface area contributed by atoms with Gasteiger partial charge in [0.05, 0.1) is 6.04 Å². The van der Waals surface area contributed by atoms with Gasteiger partial charge in [-0.25, -0.2) is 14.8 Å². The molecule has 0 bridgehead atoms. The second kappa shape index (κ2) is 10.4. The summed E-state index contributed by atoms with van der Waals surface area (Å²) in [5.41, 5.74) is -0.251. The van der Waals surface area contributed by atoms with Crippen molar-refractivity contribution in [3.05, 3.63) is 46.7 Å². The molecule has 0 saturated carbocycles. The zero-order chi connectivity index (χ0) is 24.1. The molecule has 0 radical (unpaired) electrons. The van der Waals surface area contributed by atoms with E-state index in [9.17, 15) is 18.0 Å². The van der Waals surface area contributed by atoms with Crippen molar-refractivity contribution in [2.75, 3.05) is 11.9 Å². The van der Waals surface area contributed by atoms with Crippen LogP contribution in [0.25, 0.3) is 0 Å². The number of aromatic nitrogens is 2. The van der Waals surface area contributed by atoms with Crippen LogP contribution in [0, 0.1) is 0 Å². The highest BCUT2D eigenvalue weighted by atomic mass is 35.5. The number of anilines is 2. The molecular weight excluding hydrogens is 445 g/mol. The molecule has 1 unspecified atom stereocenters. The van der Waals surface area contributed by atoms with Crippen LogP contribution in [-0.2, 0) is 10.9 Å². The fraction of sp³-hybridized carbons (Fsp3) is 0.500. The summed E-state index contributed by atoms with van der Waals surface area (Å²) in [4.78, 5) is 21.7. The van der Waals surface area contributed by atoms with Crippen molar-refractivity contribution >= 4 is 29.3 Å². The molecule has 1 amide bonds. The number of benzene rings is 1.